The summed E-state index contributed by atoms with van der Waals surface area (Å²) in [5.74, 6) is 0.294. The molecule has 0 fully saturated rings. The minimum atomic E-state index is 0.166. The van der Waals surface area contributed by atoms with Gasteiger partial charge in [-0.15, -0.1) is 0 Å². The smallest absolute Gasteiger partial charge is 0.0241 e. The van der Waals surface area contributed by atoms with Crippen molar-refractivity contribution < 1.29 is 0 Å². The van der Waals surface area contributed by atoms with Gasteiger partial charge in [0.2, 0.25) is 0 Å². The van der Waals surface area contributed by atoms with Crippen LogP contribution in [0.4, 0.5) is 0 Å². The van der Waals surface area contributed by atoms with Crippen LogP contribution in [-0.4, -0.2) is 6.04 Å². The molecule has 88 valence electrons. The normalized spacial score (nSPS) is 12.6. The first-order chi connectivity index (χ1) is 8.33. The molecule has 0 saturated heterocycles. The summed E-state index contributed by atoms with van der Waals surface area (Å²) in [5.41, 5.74) is 8.88. The predicted octanol–water partition coefficient (Wildman–Crippen LogP) is 3.56. The summed E-state index contributed by atoms with van der Waals surface area (Å²) in [7, 11) is 0. The number of nitrogens with two attached hydrogens (primary N) is 1. The highest BCUT2D eigenvalue weighted by Crippen LogP contribution is 2.28. The van der Waals surface area contributed by atoms with E-state index in [0.717, 1.165) is 6.42 Å². The highest BCUT2D eigenvalue weighted by atomic mass is 14.6. The molecule has 0 aliphatic rings. The summed E-state index contributed by atoms with van der Waals surface area (Å²) in [5, 5.41) is 0. The van der Waals surface area contributed by atoms with Crippen molar-refractivity contribution in [1.82, 2.24) is 0 Å². The van der Waals surface area contributed by atoms with Gasteiger partial charge >= 0.3 is 0 Å². The van der Waals surface area contributed by atoms with Gasteiger partial charge in [-0.3, -0.25) is 0 Å². The lowest BCUT2D eigenvalue weighted by molar-refractivity contribution is 0.576. The van der Waals surface area contributed by atoms with E-state index in [1.165, 1.54) is 11.1 Å². The lowest BCUT2D eigenvalue weighted by Crippen LogP contribution is -2.28. The van der Waals surface area contributed by atoms with Gasteiger partial charge < -0.3 is 5.73 Å². The van der Waals surface area contributed by atoms with E-state index in [4.69, 9.17) is 5.73 Å². The third-order valence-electron chi connectivity index (χ3n) is 3.22. The van der Waals surface area contributed by atoms with Crippen LogP contribution in [0.5, 0.6) is 0 Å². The predicted molar refractivity (Wildman–Crippen MR) is 73.0 cm³/mol. The Morgan fingerprint density at radius 2 is 1.24 bits per heavy atom. The number of hydrogen-bond donors (Lipinski definition) is 1. The van der Waals surface area contributed by atoms with E-state index < -0.39 is 0 Å². The Labute approximate surface area is 103 Å². The summed E-state index contributed by atoms with van der Waals surface area (Å²) in [4.78, 5) is 0. The molecule has 0 spiro atoms. The molecule has 1 atom stereocenters. The molecule has 2 aromatic carbocycles. The van der Waals surface area contributed by atoms with Gasteiger partial charge in [-0.2, -0.15) is 0 Å². The summed E-state index contributed by atoms with van der Waals surface area (Å²) in [6.45, 7) is 2.14. The van der Waals surface area contributed by atoms with E-state index in [2.05, 4.69) is 55.5 Å². The Kier molecular flexibility index (Phi) is 3.94. The largest absolute Gasteiger partial charge is 0.327 e. The third-order valence-corrected chi connectivity index (χ3v) is 3.22. The van der Waals surface area contributed by atoms with Crippen molar-refractivity contribution in [3.8, 4) is 0 Å². The first-order valence-corrected chi connectivity index (χ1v) is 6.18. The van der Waals surface area contributed by atoms with Crippen LogP contribution in [0.15, 0.2) is 60.7 Å². The van der Waals surface area contributed by atoms with Crippen LogP contribution in [0.25, 0.3) is 0 Å². The zero-order chi connectivity index (χ0) is 12.1. The van der Waals surface area contributed by atoms with Crippen LogP contribution in [0.2, 0.25) is 0 Å². The van der Waals surface area contributed by atoms with E-state index in [0.29, 0.717) is 5.92 Å². The molecule has 0 aromatic heterocycles. The maximum Gasteiger partial charge on any atom is 0.0241 e. The third kappa shape index (κ3) is 2.75. The fraction of sp³-hybridized carbons (Fsp3) is 0.250. The van der Waals surface area contributed by atoms with Gasteiger partial charge in [0.25, 0.3) is 0 Å². The molecule has 1 nitrogen and oxygen atoms in total. The average Bonchev–Trinajstić information content (AvgIpc) is 2.41. The van der Waals surface area contributed by atoms with Gasteiger partial charge in [-0.25, -0.2) is 0 Å². The standard InChI is InChI=1S/C16H19N/c1-2-15(17)16(13-9-5-3-6-10-13)14-11-7-4-8-12-14/h3-12,15-16H,2,17H2,1H3. The summed E-state index contributed by atoms with van der Waals surface area (Å²) in [6, 6.07) is 21.2. The van der Waals surface area contributed by atoms with Gasteiger partial charge in [0.05, 0.1) is 0 Å². The molecule has 17 heavy (non-hydrogen) atoms. The molecule has 2 rings (SSSR count). The zero-order valence-electron chi connectivity index (χ0n) is 10.2. The van der Waals surface area contributed by atoms with E-state index in [1.54, 1.807) is 0 Å². The Hall–Kier alpha value is -1.60. The van der Waals surface area contributed by atoms with Crippen molar-refractivity contribution in [1.29, 1.82) is 0 Å². The molecule has 0 aliphatic heterocycles. The van der Waals surface area contributed by atoms with Crippen molar-refractivity contribution in [3.05, 3.63) is 71.8 Å². The van der Waals surface area contributed by atoms with Crippen LogP contribution in [-0.2, 0) is 0 Å². The minimum Gasteiger partial charge on any atom is -0.327 e. The Morgan fingerprint density at radius 3 is 1.59 bits per heavy atom. The van der Waals surface area contributed by atoms with E-state index in [1.807, 2.05) is 12.1 Å². The summed E-state index contributed by atoms with van der Waals surface area (Å²) in [6.07, 6.45) is 0.981. The molecule has 0 bridgehead atoms. The maximum absolute atomic E-state index is 6.28. The Bertz CT molecular complexity index is 396. The highest BCUT2D eigenvalue weighted by molar-refractivity contribution is 5.34. The average molecular weight is 225 g/mol. The Balaban J connectivity index is 2.39. The molecular weight excluding hydrogens is 206 g/mol. The molecular formula is C16H19N. The molecule has 0 saturated carbocycles. The molecule has 0 heterocycles. The second-order valence-corrected chi connectivity index (χ2v) is 4.37. The van der Waals surface area contributed by atoms with E-state index >= 15 is 0 Å². The van der Waals surface area contributed by atoms with Crippen molar-refractivity contribution in [2.45, 2.75) is 25.3 Å². The summed E-state index contributed by atoms with van der Waals surface area (Å²) >= 11 is 0. The van der Waals surface area contributed by atoms with Crippen LogP contribution in [0.1, 0.15) is 30.4 Å². The van der Waals surface area contributed by atoms with Crippen LogP contribution < -0.4 is 5.73 Å². The van der Waals surface area contributed by atoms with Crippen molar-refractivity contribution >= 4 is 0 Å². The quantitative estimate of drug-likeness (QED) is 0.846. The van der Waals surface area contributed by atoms with Crippen LogP contribution in [0.3, 0.4) is 0 Å². The fourth-order valence-corrected chi connectivity index (χ4v) is 2.24. The van der Waals surface area contributed by atoms with Gasteiger partial charge in [0.1, 0.15) is 0 Å². The first kappa shape index (κ1) is 11.9. The lowest BCUT2D eigenvalue weighted by Gasteiger charge is -2.24. The van der Waals surface area contributed by atoms with E-state index in [9.17, 15) is 0 Å². The SMILES string of the molecule is CCC(N)C(c1ccccc1)c1ccccc1. The summed E-state index contributed by atoms with van der Waals surface area (Å²) < 4.78 is 0. The molecule has 0 amide bonds. The minimum absolute atomic E-state index is 0.166. The number of benzene rings is 2. The second-order valence-electron chi connectivity index (χ2n) is 4.37. The molecule has 0 radical (unpaired) electrons. The molecule has 1 unspecified atom stereocenters. The first-order valence-electron chi connectivity index (χ1n) is 6.18. The zero-order valence-corrected chi connectivity index (χ0v) is 10.2. The number of rotatable bonds is 4. The topological polar surface area (TPSA) is 26.0 Å². The van der Waals surface area contributed by atoms with Crippen molar-refractivity contribution in [2.75, 3.05) is 0 Å². The number of hydrogen-bond acceptors (Lipinski definition) is 1. The second kappa shape index (κ2) is 5.65. The fourth-order valence-electron chi connectivity index (χ4n) is 2.24. The Morgan fingerprint density at radius 1 is 0.824 bits per heavy atom. The van der Waals surface area contributed by atoms with Crippen LogP contribution in [0, 0.1) is 0 Å². The van der Waals surface area contributed by atoms with Gasteiger partial charge in [-0.1, -0.05) is 67.6 Å². The van der Waals surface area contributed by atoms with Gasteiger partial charge in [-0.05, 0) is 17.5 Å². The van der Waals surface area contributed by atoms with Crippen molar-refractivity contribution in [3.63, 3.8) is 0 Å². The monoisotopic (exact) mass is 225 g/mol. The van der Waals surface area contributed by atoms with Gasteiger partial charge in [0.15, 0.2) is 0 Å². The molecule has 1 heteroatoms. The highest BCUT2D eigenvalue weighted by Gasteiger charge is 2.19. The lowest BCUT2D eigenvalue weighted by atomic mass is 9.84. The van der Waals surface area contributed by atoms with Gasteiger partial charge in [0, 0.05) is 12.0 Å². The van der Waals surface area contributed by atoms with E-state index in [-0.39, 0.29) is 6.04 Å². The molecule has 0 aliphatic carbocycles. The van der Waals surface area contributed by atoms with Crippen molar-refractivity contribution in [2.24, 2.45) is 5.73 Å². The van der Waals surface area contributed by atoms with Crippen LogP contribution >= 0.6 is 0 Å². The maximum atomic E-state index is 6.28. The molecule has 2 N–H and O–H groups in total. The molecule has 2 aromatic rings.